The standard InChI is InChI=1S/C11H16N2O/c1-9-7-13-6-4-11(9)14-10-3-2-5-12-8-10/h4,6-7,10,12H,2-3,5,8H2,1H3. The van der Waals surface area contributed by atoms with Crippen molar-refractivity contribution in [2.24, 2.45) is 0 Å². The maximum atomic E-state index is 5.88. The maximum absolute atomic E-state index is 5.88. The van der Waals surface area contributed by atoms with Crippen LogP contribution in [0.3, 0.4) is 0 Å². The van der Waals surface area contributed by atoms with Crippen LogP contribution in [0.1, 0.15) is 18.4 Å². The van der Waals surface area contributed by atoms with Crippen molar-refractivity contribution in [2.45, 2.75) is 25.9 Å². The third kappa shape index (κ3) is 2.23. The molecule has 1 N–H and O–H groups in total. The summed E-state index contributed by atoms with van der Waals surface area (Å²) in [5.41, 5.74) is 1.11. The first-order valence-electron chi connectivity index (χ1n) is 5.14. The Morgan fingerprint density at radius 1 is 1.57 bits per heavy atom. The Hall–Kier alpha value is -1.09. The molecule has 1 aliphatic rings. The molecular weight excluding hydrogens is 176 g/mol. The third-order valence-corrected chi connectivity index (χ3v) is 2.51. The largest absolute Gasteiger partial charge is 0.489 e. The predicted octanol–water partition coefficient (Wildman–Crippen LogP) is 1.52. The van der Waals surface area contributed by atoms with Crippen molar-refractivity contribution in [1.82, 2.24) is 10.3 Å². The summed E-state index contributed by atoms with van der Waals surface area (Å²) in [6, 6.07) is 1.93. The van der Waals surface area contributed by atoms with Gasteiger partial charge in [-0.05, 0) is 32.4 Å². The quantitative estimate of drug-likeness (QED) is 0.771. The highest BCUT2D eigenvalue weighted by atomic mass is 16.5. The van der Waals surface area contributed by atoms with Crippen molar-refractivity contribution < 1.29 is 4.74 Å². The number of pyridine rings is 1. The number of aromatic nitrogens is 1. The second-order valence-corrected chi connectivity index (χ2v) is 3.73. The van der Waals surface area contributed by atoms with E-state index in [1.54, 1.807) is 6.20 Å². The van der Waals surface area contributed by atoms with E-state index in [9.17, 15) is 0 Å². The van der Waals surface area contributed by atoms with Gasteiger partial charge in [-0.15, -0.1) is 0 Å². The number of ether oxygens (including phenoxy) is 1. The van der Waals surface area contributed by atoms with E-state index < -0.39 is 0 Å². The Balaban J connectivity index is 1.99. The van der Waals surface area contributed by atoms with Gasteiger partial charge in [-0.3, -0.25) is 4.98 Å². The lowest BCUT2D eigenvalue weighted by Gasteiger charge is -2.24. The normalized spacial score (nSPS) is 21.9. The molecule has 0 aliphatic carbocycles. The van der Waals surface area contributed by atoms with E-state index in [2.05, 4.69) is 10.3 Å². The monoisotopic (exact) mass is 192 g/mol. The van der Waals surface area contributed by atoms with Gasteiger partial charge >= 0.3 is 0 Å². The molecule has 0 bridgehead atoms. The average molecular weight is 192 g/mol. The van der Waals surface area contributed by atoms with Crippen LogP contribution in [-0.4, -0.2) is 24.2 Å². The summed E-state index contributed by atoms with van der Waals surface area (Å²) in [7, 11) is 0. The minimum Gasteiger partial charge on any atom is -0.489 e. The van der Waals surface area contributed by atoms with Crippen LogP contribution in [0.2, 0.25) is 0 Å². The van der Waals surface area contributed by atoms with Gasteiger partial charge in [-0.1, -0.05) is 0 Å². The smallest absolute Gasteiger partial charge is 0.125 e. The number of nitrogens with zero attached hydrogens (tertiary/aromatic N) is 1. The average Bonchev–Trinajstić information content (AvgIpc) is 2.23. The molecule has 76 valence electrons. The van der Waals surface area contributed by atoms with E-state index in [4.69, 9.17) is 4.74 Å². The van der Waals surface area contributed by atoms with Crippen LogP contribution in [0.5, 0.6) is 5.75 Å². The highest BCUT2D eigenvalue weighted by molar-refractivity contribution is 5.28. The van der Waals surface area contributed by atoms with E-state index in [-0.39, 0.29) is 0 Å². The molecule has 1 aliphatic heterocycles. The Labute approximate surface area is 84.5 Å². The van der Waals surface area contributed by atoms with Crippen molar-refractivity contribution in [3.8, 4) is 5.75 Å². The van der Waals surface area contributed by atoms with Crippen molar-refractivity contribution in [3.63, 3.8) is 0 Å². The van der Waals surface area contributed by atoms with Crippen molar-refractivity contribution in [3.05, 3.63) is 24.0 Å². The zero-order valence-electron chi connectivity index (χ0n) is 8.49. The molecule has 1 unspecified atom stereocenters. The van der Waals surface area contributed by atoms with E-state index >= 15 is 0 Å². The highest BCUT2D eigenvalue weighted by Gasteiger charge is 2.14. The molecule has 0 radical (unpaired) electrons. The van der Waals surface area contributed by atoms with Gasteiger partial charge in [0.15, 0.2) is 0 Å². The van der Waals surface area contributed by atoms with Crippen molar-refractivity contribution >= 4 is 0 Å². The first-order chi connectivity index (χ1) is 6.86. The summed E-state index contributed by atoms with van der Waals surface area (Å²) in [4.78, 5) is 4.04. The van der Waals surface area contributed by atoms with Crippen LogP contribution < -0.4 is 10.1 Å². The van der Waals surface area contributed by atoms with Gasteiger partial charge in [0.2, 0.25) is 0 Å². The van der Waals surface area contributed by atoms with E-state index in [1.165, 1.54) is 6.42 Å². The second kappa shape index (κ2) is 4.42. The van der Waals surface area contributed by atoms with Gasteiger partial charge in [0.25, 0.3) is 0 Å². The molecule has 0 amide bonds. The Bertz CT molecular complexity index is 295. The van der Waals surface area contributed by atoms with Gasteiger partial charge in [-0.2, -0.15) is 0 Å². The van der Waals surface area contributed by atoms with Crippen LogP contribution in [0, 0.1) is 6.92 Å². The topological polar surface area (TPSA) is 34.1 Å². The number of hydrogen-bond donors (Lipinski definition) is 1. The molecule has 1 aromatic heterocycles. The summed E-state index contributed by atoms with van der Waals surface area (Å²) >= 11 is 0. The number of piperidine rings is 1. The molecule has 1 atom stereocenters. The molecule has 0 spiro atoms. The number of aryl methyl sites for hydroxylation is 1. The van der Waals surface area contributed by atoms with E-state index in [0.29, 0.717) is 6.10 Å². The second-order valence-electron chi connectivity index (χ2n) is 3.73. The van der Waals surface area contributed by atoms with Crippen LogP contribution in [-0.2, 0) is 0 Å². The van der Waals surface area contributed by atoms with Gasteiger partial charge in [-0.25, -0.2) is 0 Å². The van der Waals surface area contributed by atoms with Crippen molar-refractivity contribution in [1.29, 1.82) is 0 Å². The number of hydrogen-bond acceptors (Lipinski definition) is 3. The molecule has 14 heavy (non-hydrogen) atoms. The van der Waals surface area contributed by atoms with Crippen LogP contribution in [0.4, 0.5) is 0 Å². The van der Waals surface area contributed by atoms with Crippen LogP contribution in [0.15, 0.2) is 18.5 Å². The van der Waals surface area contributed by atoms with E-state index in [1.807, 2.05) is 19.2 Å². The molecule has 0 aromatic carbocycles. The fourth-order valence-electron chi connectivity index (χ4n) is 1.69. The van der Waals surface area contributed by atoms with Gasteiger partial charge < -0.3 is 10.1 Å². The first kappa shape index (κ1) is 9.46. The lowest BCUT2D eigenvalue weighted by Crippen LogP contribution is -2.37. The summed E-state index contributed by atoms with van der Waals surface area (Å²) in [5, 5.41) is 3.33. The minimum atomic E-state index is 0.324. The molecule has 3 heteroatoms. The van der Waals surface area contributed by atoms with Gasteiger partial charge in [0.05, 0.1) is 0 Å². The predicted molar refractivity (Wildman–Crippen MR) is 55.5 cm³/mol. The van der Waals surface area contributed by atoms with Crippen LogP contribution in [0.25, 0.3) is 0 Å². The minimum absolute atomic E-state index is 0.324. The Morgan fingerprint density at radius 2 is 2.50 bits per heavy atom. The molecule has 1 saturated heterocycles. The highest BCUT2D eigenvalue weighted by Crippen LogP contribution is 2.18. The lowest BCUT2D eigenvalue weighted by molar-refractivity contribution is 0.166. The van der Waals surface area contributed by atoms with Crippen LogP contribution >= 0.6 is 0 Å². The Morgan fingerprint density at radius 3 is 3.21 bits per heavy atom. The molecule has 1 fully saturated rings. The fraction of sp³-hybridized carbons (Fsp3) is 0.545. The SMILES string of the molecule is Cc1cnccc1OC1CCCNC1. The number of rotatable bonds is 2. The Kier molecular flexibility index (Phi) is 2.99. The zero-order chi connectivity index (χ0) is 9.80. The first-order valence-corrected chi connectivity index (χ1v) is 5.14. The van der Waals surface area contributed by atoms with Gasteiger partial charge in [0.1, 0.15) is 11.9 Å². The summed E-state index contributed by atoms with van der Waals surface area (Å²) in [6.07, 6.45) is 6.29. The molecule has 2 heterocycles. The lowest BCUT2D eigenvalue weighted by atomic mass is 10.1. The molecule has 1 aromatic rings. The van der Waals surface area contributed by atoms with Crippen molar-refractivity contribution in [2.75, 3.05) is 13.1 Å². The molecular formula is C11H16N2O. The molecule has 0 saturated carbocycles. The maximum Gasteiger partial charge on any atom is 0.125 e. The summed E-state index contributed by atoms with van der Waals surface area (Å²) in [5.74, 6) is 0.966. The molecule has 3 nitrogen and oxygen atoms in total. The van der Waals surface area contributed by atoms with E-state index in [0.717, 1.165) is 30.8 Å². The third-order valence-electron chi connectivity index (χ3n) is 2.51. The fourth-order valence-corrected chi connectivity index (χ4v) is 1.69. The zero-order valence-corrected chi connectivity index (χ0v) is 8.49. The number of nitrogens with one attached hydrogen (secondary N) is 1. The summed E-state index contributed by atoms with van der Waals surface area (Å²) in [6.45, 7) is 4.11. The molecule has 2 rings (SSSR count). The summed E-state index contributed by atoms with van der Waals surface area (Å²) < 4.78 is 5.88. The van der Waals surface area contributed by atoms with Gasteiger partial charge in [0, 0.05) is 24.5 Å².